The molecule has 1 aliphatic rings. The molecule has 0 unspecified atom stereocenters. The number of rotatable bonds is 10. The zero-order valence-electron chi connectivity index (χ0n) is 23.8. The van der Waals surface area contributed by atoms with E-state index in [0.29, 0.717) is 6.42 Å². The molecule has 0 radical (unpaired) electrons. The SMILES string of the molecule is O=C(N[C@H](CO)Cc1ccccc1)[C@H](Cc1ccc2ccccc2c1)N(CC1c2ccccc2-c2ccccc21)C(=O)O. The Balaban J connectivity index is 1.34. The highest BCUT2D eigenvalue weighted by atomic mass is 16.4. The summed E-state index contributed by atoms with van der Waals surface area (Å²) in [5.41, 5.74) is 6.12. The van der Waals surface area contributed by atoms with E-state index >= 15 is 0 Å². The number of nitrogens with zero attached hydrogens (tertiary/aromatic N) is 1. The quantitative estimate of drug-likeness (QED) is 0.185. The van der Waals surface area contributed by atoms with Gasteiger partial charge in [-0.3, -0.25) is 9.69 Å². The summed E-state index contributed by atoms with van der Waals surface area (Å²) in [6.45, 7) is -0.142. The van der Waals surface area contributed by atoms with Crippen molar-refractivity contribution >= 4 is 22.8 Å². The maximum Gasteiger partial charge on any atom is 0.408 e. The highest BCUT2D eigenvalue weighted by Crippen LogP contribution is 2.45. The molecular formula is C37H34N2O4. The first-order valence-electron chi connectivity index (χ1n) is 14.6. The fourth-order valence-corrected chi connectivity index (χ4v) is 6.28. The third kappa shape index (κ3) is 6.01. The van der Waals surface area contributed by atoms with E-state index in [1.54, 1.807) is 0 Å². The smallest absolute Gasteiger partial charge is 0.408 e. The Bertz CT molecular complexity index is 1710. The van der Waals surface area contributed by atoms with Crippen LogP contribution in [-0.4, -0.2) is 52.3 Å². The summed E-state index contributed by atoms with van der Waals surface area (Å²) >= 11 is 0. The number of amides is 2. The molecule has 6 nitrogen and oxygen atoms in total. The van der Waals surface area contributed by atoms with Gasteiger partial charge in [-0.05, 0) is 50.6 Å². The van der Waals surface area contributed by atoms with Crippen molar-refractivity contribution in [2.75, 3.05) is 13.2 Å². The van der Waals surface area contributed by atoms with Crippen molar-refractivity contribution in [3.8, 4) is 11.1 Å². The number of nitrogens with one attached hydrogen (secondary N) is 1. The van der Waals surface area contributed by atoms with E-state index in [1.807, 2.05) is 109 Å². The van der Waals surface area contributed by atoms with E-state index in [-0.39, 0.29) is 25.5 Å². The lowest BCUT2D eigenvalue weighted by Crippen LogP contribution is -2.54. The van der Waals surface area contributed by atoms with Crippen LogP contribution in [0.5, 0.6) is 0 Å². The van der Waals surface area contributed by atoms with Crippen molar-refractivity contribution in [3.63, 3.8) is 0 Å². The molecule has 5 aromatic carbocycles. The molecule has 0 heterocycles. The van der Waals surface area contributed by atoms with Gasteiger partial charge in [-0.1, -0.05) is 121 Å². The number of hydrogen-bond acceptors (Lipinski definition) is 3. The largest absolute Gasteiger partial charge is 0.465 e. The number of carbonyl (C=O) groups excluding carboxylic acids is 1. The Morgan fingerprint density at radius 1 is 0.698 bits per heavy atom. The average molecular weight is 571 g/mol. The second-order valence-corrected chi connectivity index (χ2v) is 11.1. The summed E-state index contributed by atoms with van der Waals surface area (Å²) in [5, 5.41) is 25.9. The molecule has 0 aromatic heterocycles. The van der Waals surface area contributed by atoms with E-state index in [9.17, 15) is 19.8 Å². The Labute approximate surface area is 251 Å². The van der Waals surface area contributed by atoms with Crippen LogP contribution in [0.4, 0.5) is 4.79 Å². The predicted molar refractivity (Wildman–Crippen MR) is 169 cm³/mol. The molecule has 1 aliphatic carbocycles. The van der Waals surface area contributed by atoms with Crippen LogP contribution < -0.4 is 5.32 Å². The van der Waals surface area contributed by atoms with Gasteiger partial charge in [0.05, 0.1) is 12.6 Å². The van der Waals surface area contributed by atoms with Crippen LogP contribution in [0.25, 0.3) is 21.9 Å². The van der Waals surface area contributed by atoms with Gasteiger partial charge in [-0.25, -0.2) is 4.79 Å². The van der Waals surface area contributed by atoms with Gasteiger partial charge < -0.3 is 15.5 Å². The monoisotopic (exact) mass is 570 g/mol. The molecule has 2 amide bonds. The number of carbonyl (C=O) groups is 2. The van der Waals surface area contributed by atoms with Crippen molar-refractivity contribution < 1.29 is 19.8 Å². The Morgan fingerprint density at radius 3 is 1.95 bits per heavy atom. The average Bonchev–Trinajstić information content (AvgIpc) is 3.36. The molecule has 0 aliphatic heterocycles. The molecule has 6 heteroatoms. The van der Waals surface area contributed by atoms with E-state index in [2.05, 4.69) is 17.4 Å². The van der Waals surface area contributed by atoms with Gasteiger partial charge in [0.25, 0.3) is 0 Å². The van der Waals surface area contributed by atoms with E-state index < -0.39 is 24.1 Å². The minimum atomic E-state index is -1.16. The van der Waals surface area contributed by atoms with Crippen molar-refractivity contribution in [2.45, 2.75) is 30.8 Å². The topological polar surface area (TPSA) is 89.9 Å². The summed E-state index contributed by atoms with van der Waals surface area (Å²) < 4.78 is 0. The number of aliphatic hydroxyl groups is 1. The van der Waals surface area contributed by atoms with Crippen LogP contribution in [0.15, 0.2) is 121 Å². The van der Waals surface area contributed by atoms with Crippen LogP contribution >= 0.6 is 0 Å². The van der Waals surface area contributed by atoms with Gasteiger partial charge in [0, 0.05) is 18.9 Å². The molecule has 6 rings (SSSR count). The standard InChI is InChI=1S/C37H34N2O4/c40-24-29(21-25-10-2-1-3-11-25)38-36(41)35(22-26-18-19-27-12-4-5-13-28(27)20-26)39(37(42)43)23-34-32-16-8-6-14-30(32)31-15-7-9-17-33(31)34/h1-20,29,34-35,40H,21-24H2,(H,38,41)(H,42,43)/t29-,35-/m0/s1. The zero-order valence-corrected chi connectivity index (χ0v) is 23.8. The van der Waals surface area contributed by atoms with Gasteiger partial charge in [0.2, 0.25) is 5.91 Å². The highest BCUT2D eigenvalue weighted by molar-refractivity contribution is 5.87. The molecule has 0 fully saturated rings. The number of hydrogen-bond donors (Lipinski definition) is 3. The minimum Gasteiger partial charge on any atom is -0.465 e. The Hall–Kier alpha value is -4.94. The van der Waals surface area contributed by atoms with Crippen LogP contribution in [0.1, 0.15) is 28.2 Å². The van der Waals surface area contributed by atoms with Crippen molar-refractivity contribution in [1.82, 2.24) is 10.2 Å². The lowest BCUT2D eigenvalue weighted by atomic mass is 9.94. The van der Waals surface area contributed by atoms with Crippen LogP contribution in [0, 0.1) is 0 Å². The zero-order chi connectivity index (χ0) is 29.8. The summed E-state index contributed by atoms with van der Waals surface area (Å²) in [4.78, 5) is 28.3. The summed E-state index contributed by atoms with van der Waals surface area (Å²) in [6.07, 6.45) is -0.531. The Kier molecular flexibility index (Phi) is 8.20. The lowest BCUT2D eigenvalue weighted by Gasteiger charge is -2.32. The molecule has 3 N–H and O–H groups in total. The van der Waals surface area contributed by atoms with Gasteiger partial charge >= 0.3 is 6.09 Å². The fourth-order valence-electron chi connectivity index (χ4n) is 6.28. The van der Waals surface area contributed by atoms with Crippen LogP contribution in [0.3, 0.4) is 0 Å². The third-order valence-corrected chi connectivity index (χ3v) is 8.40. The number of fused-ring (bicyclic) bond motifs is 4. The molecule has 5 aromatic rings. The minimum absolute atomic E-state index is 0.123. The molecule has 2 atom stereocenters. The van der Waals surface area contributed by atoms with Gasteiger partial charge in [-0.15, -0.1) is 0 Å². The van der Waals surface area contributed by atoms with Crippen molar-refractivity contribution in [2.24, 2.45) is 0 Å². The number of aliphatic hydroxyl groups excluding tert-OH is 1. The molecule has 0 saturated heterocycles. The van der Waals surface area contributed by atoms with Crippen LogP contribution in [0.2, 0.25) is 0 Å². The first-order valence-corrected chi connectivity index (χ1v) is 14.6. The summed E-state index contributed by atoms with van der Waals surface area (Å²) in [6, 6.07) is 38.1. The van der Waals surface area contributed by atoms with Gasteiger partial charge in [0.1, 0.15) is 6.04 Å². The number of benzene rings is 5. The number of carboxylic acid groups (broad SMARTS) is 1. The second kappa shape index (κ2) is 12.5. The predicted octanol–water partition coefficient (Wildman–Crippen LogP) is 6.26. The summed E-state index contributed by atoms with van der Waals surface area (Å²) in [5.74, 6) is -0.640. The summed E-state index contributed by atoms with van der Waals surface area (Å²) in [7, 11) is 0. The second-order valence-electron chi connectivity index (χ2n) is 11.1. The van der Waals surface area contributed by atoms with E-state index in [0.717, 1.165) is 44.2 Å². The first kappa shape index (κ1) is 28.2. The molecule has 216 valence electrons. The maximum absolute atomic E-state index is 14.1. The molecule has 0 bridgehead atoms. The fraction of sp³-hybridized carbons (Fsp3) is 0.189. The molecule has 0 spiro atoms. The molecule has 43 heavy (non-hydrogen) atoms. The van der Waals surface area contributed by atoms with Crippen molar-refractivity contribution in [3.05, 3.63) is 144 Å². The van der Waals surface area contributed by atoms with Crippen LogP contribution in [-0.2, 0) is 17.6 Å². The normalized spacial score (nSPS) is 13.6. The van der Waals surface area contributed by atoms with Gasteiger partial charge in [-0.2, -0.15) is 0 Å². The first-order chi connectivity index (χ1) is 21.0. The molecule has 0 saturated carbocycles. The third-order valence-electron chi connectivity index (χ3n) is 8.40. The molecular weight excluding hydrogens is 536 g/mol. The van der Waals surface area contributed by atoms with E-state index in [4.69, 9.17) is 0 Å². The highest BCUT2D eigenvalue weighted by Gasteiger charge is 2.37. The Morgan fingerprint density at radius 2 is 1.30 bits per heavy atom. The lowest BCUT2D eigenvalue weighted by molar-refractivity contribution is -0.127. The van der Waals surface area contributed by atoms with E-state index in [1.165, 1.54) is 4.90 Å². The van der Waals surface area contributed by atoms with Gasteiger partial charge in [0.15, 0.2) is 0 Å². The van der Waals surface area contributed by atoms with Crippen molar-refractivity contribution in [1.29, 1.82) is 0 Å². The maximum atomic E-state index is 14.1.